The van der Waals surface area contributed by atoms with Gasteiger partial charge < -0.3 is 18.7 Å². The summed E-state index contributed by atoms with van der Waals surface area (Å²) in [5.74, 6) is 0.825. The molecule has 1 aromatic carbocycles. The minimum Gasteiger partial charge on any atom is -0.399 e. The molecule has 3 rings (SSSR count). The van der Waals surface area contributed by atoms with E-state index >= 15 is 0 Å². The number of fused-ring (bicyclic) bond motifs is 1. The lowest BCUT2D eigenvalue weighted by Gasteiger charge is -2.32. The lowest BCUT2D eigenvalue weighted by Crippen LogP contribution is -2.41. The first-order chi connectivity index (χ1) is 9.71. The van der Waals surface area contributed by atoms with Crippen LogP contribution in [0.1, 0.15) is 27.7 Å². The maximum absolute atomic E-state index is 6.06. The van der Waals surface area contributed by atoms with Gasteiger partial charge in [0.25, 0.3) is 0 Å². The molecule has 1 aliphatic rings. The van der Waals surface area contributed by atoms with Gasteiger partial charge in [-0.05, 0) is 45.3 Å². The first-order valence-electron chi connectivity index (χ1n) is 7.13. The fraction of sp³-hybridized carbons (Fsp3) is 0.533. The van der Waals surface area contributed by atoms with Crippen LogP contribution in [0.25, 0.3) is 11.0 Å². The van der Waals surface area contributed by atoms with Gasteiger partial charge in [-0.1, -0.05) is 11.2 Å². The molecular weight excluding hydrogens is 267 g/mol. The molecule has 0 amide bonds. The fourth-order valence-corrected chi connectivity index (χ4v) is 2.39. The molecule has 0 aliphatic carbocycles. The molecule has 0 N–H and O–H groups in total. The average molecular weight is 288 g/mol. The summed E-state index contributed by atoms with van der Waals surface area (Å²) in [6, 6.07) is 5.95. The summed E-state index contributed by atoms with van der Waals surface area (Å²) < 4.78 is 17.5. The molecule has 0 atom stereocenters. The third-order valence-corrected chi connectivity index (χ3v) is 4.43. The standard InChI is InChI=1S/C15H21BN2O3/c1-14(2)15(3,4)21-16(20-14)10-7-8-11-12(9-10)19-17-13(11)18(5)6/h7-9H,1-6H3. The molecule has 1 fully saturated rings. The second-order valence-electron chi connectivity index (χ2n) is 6.74. The Morgan fingerprint density at radius 2 is 1.67 bits per heavy atom. The summed E-state index contributed by atoms with van der Waals surface area (Å²) in [6.07, 6.45) is 0. The van der Waals surface area contributed by atoms with Crippen molar-refractivity contribution in [3.63, 3.8) is 0 Å². The number of nitrogens with zero attached hydrogens (tertiary/aromatic N) is 2. The molecule has 1 saturated heterocycles. The highest BCUT2D eigenvalue weighted by Gasteiger charge is 2.51. The van der Waals surface area contributed by atoms with E-state index < -0.39 is 0 Å². The zero-order valence-electron chi connectivity index (χ0n) is 13.4. The normalized spacial score (nSPS) is 20.2. The van der Waals surface area contributed by atoms with Crippen LogP contribution in [0, 0.1) is 0 Å². The Labute approximate surface area is 125 Å². The number of aromatic nitrogens is 1. The number of benzene rings is 1. The van der Waals surface area contributed by atoms with Crippen LogP contribution < -0.4 is 10.4 Å². The largest absolute Gasteiger partial charge is 0.494 e. The quantitative estimate of drug-likeness (QED) is 0.793. The Morgan fingerprint density at radius 3 is 2.24 bits per heavy atom. The average Bonchev–Trinajstić information content (AvgIpc) is 2.87. The maximum Gasteiger partial charge on any atom is 0.494 e. The molecule has 0 radical (unpaired) electrons. The summed E-state index contributed by atoms with van der Waals surface area (Å²) in [5.41, 5.74) is 1.000. The van der Waals surface area contributed by atoms with Crippen LogP contribution in [-0.2, 0) is 9.31 Å². The van der Waals surface area contributed by atoms with Crippen LogP contribution >= 0.6 is 0 Å². The minimum atomic E-state index is -0.382. The van der Waals surface area contributed by atoms with Crippen LogP contribution in [0.15, 0.2) is 22.7 Å². The Balaban J connectivity index is 1.96. The summed E-state index contributed by atoms with van der Waals surface area (Å²) in [6.45, 7) is 8.18. The van der Waals surface area contributed by atoms with Crippen molar-refractivity contribution in [1.29, 1.82) is 0 Å². The topological polar surface area (TPSA) is 47.7 Å². The number of hydrogen-bond acceptors (Lipinski definition) is 5. The molecule has 1 aromatic heterocycles. The highest BCUT2D eigenvalue weighted by molar-refractivity contribution is 6.62. The van der Waals surface area contributed by atoms with Crippen LogP contribution in [0.2, 0.25) is 0 Å². The zero-order valence-corrected chi connectivity index (χ0v) is 13.4. The van der Waals surface area contributed by atoms with Crippen molar-refractivity contribution < 1.29 is 13.8 Å². The number of hydrogen-bond donors (Lipinski definition) is 0. The van der Waals surface area contributed by atoms with Crippen molar-refractivity contribution in [1.82, 2.24) is 5.16 Å². The predicted octanol–water partition coefficient (Wildman–Crippen LogP) is 2.19. The lowest BCUT2D eigenvalue weighted by atomic mass is 9.79. The van der Waals surface area contributed by atoms with Gasteiger partial charge in [0.1, 0.15) is 0 Å². The van der Waals surface area contributed by atoms with Gasteiger partial charge >= 0.3 is 7.12 Å². The Kier molecular flexibility index (Phi) is 3.08. The summed E-state index contributed by atoms with van der Waals surface area (Å²) >= 11 is 0. The van der Waals surface area contributed by atoms with E-state index in [1.165, 1.54) is 0 Å². The first-order valence-corrected chi connectivity index (χ1v) is 7.13. The monoisotopic (exact) mass is 288 g/mol. The van der Waals surface area contributed by atoms with E-state index in [1.807, 2.05) is 64.9 Å². The van der Waals surface area contributed by atoms with Gasteiger partial charge in [-0.15, -0.1) is 0 Å². The molecule has 0 saturated carbocycles. The van der Waals surface area contributed by atoms with E-state index in [9.17, 15) is 0 Å². The van der Waals surface area contributed by atoms with E-state index in [2.05, 4.69) is 5.16 Å². The van der Waals surface area contributed by atoms with E-state index in [-0.39, 0.29) is 18.3 Å². The Hall–Kier alpha value is -1.53. The van der Waals surface area contributed by atoms with Crippen molar-refractivity contribution in [3.8, 4) is 0 Å². The van der Waals surface area contributed by atoms with Gasteiger partial charge in [0, 0.05) is 14.1 Å². The summed E-state index contributed by atoms with van der Waals surface area (Å²) in [4.78, 5) is 1.93. The van der Waals surface area contributed by atoms with Gasteiger partial charge in [0.2, 0.25) is 0 Å². The Morgan fingerprint density at radius 1 is 1.05 bits per heavy atom. The molecule has 21 heavy (non-hydrogen) atoms. The highest BCUT2D eigenvalue weighted by atomic mass is 16.7. The van der Waals surface area contributed by atoms with E-state index in [0.29, 0.717) is 0 Å². The summed E-state index contributed by atoms with van der Waals surface area (Å²) in [7, 11) is 3.51. The van der Waals surface area contributed by atoms with Crippen molar-refractivity contribution in [2.45, 2.75) is 38.9 Å². The highest BCUT2D eigenvalue weighted by Crippen LogP contribution is 2.36. The molecule has 0 bridgehead atoms. The molecule has 6 heteroatoms. The van der Waals surface area contributed by atoms with Gasteiger partial charge in [-0.25, -0.2) is 0 Å². The first kappa shape index (κ1) is 14.4. The fourth-order valence-electron chi connectivity index (χ4n) is 2.39. The third kappa shape index (κ3) is 2.22. The van der Waals surface area contributed by atoms with Gasteiger partial charge in [0.15, 0.2) is 11.4 Å². The van der Waals surface area contributed by atoms with Crippen LogP contribution in [0.3, 0.4) is 0 Å². The smallest absolute Gasteiger partial charge is 0.399 e. The molecule has 5 nitrogen and oxygen atoms in total. The van der Waals surface area contributed by atoms with E-state index in [0.717, 1.165) is 22.2 Å². The van der Waals surface area contributed by atoms with Gasteiger partial charge in [0.05, 0.1) is 16.6 Å². The summed E-state index contributed by atoms with van der Waals surface area (Å²) in [5, 5.41) is 5.08. The van der Waals surface area contributed by atoms with Crippen molar-refractivity contribution in [2.75, 3.05) is 19.0 Å². The molecule has 1 aliphatic heterocycles. The second kappa shape index (κ2) is 4.48. The van der Waals surface area contributed by atoms with E-state index in [4.69, 9.17) is 13.8 Å². The van der Waals surface area contributed by atoms with Gasteiger partial charge in [-0.2, -0.15) is 0 Å². The van der Waals surface area contributed by atoms with Crippen molar-refractivity contribution >= 4 is 29.4 Å². The van der Waals surface area contributed by atoms with Crippen LogP contribution in [0.4, 0.5) is 5.82 Å². The molecule has 2 heterocycles. The predicted molar refractivity (Wildman–Crippen MR) is 84.1 cm³/mol. The molecule has 2 aromatic rings. The number of anilines is 1. The SMILES string of the molecule is CN(C)c1noc2cc(B3OC(C)(C)C(C)(C)O3)ccc12. The molecule has 112 valence electrons. The number of rotatable bonds is 2. The van der Waals surface area contributed by atoms with Crippen molar-refractivity contribution in [3.05, 3.63) is 18.2 Å². The van der Waals surface area contributed by atoms with Crippen LogP contribution in [-0.4, -0.2) is 37.6 Å². The molecular formula is C15H21BN2O3. The van der Waals surface area contributed by atoms with Gasteiger partial charge in [-0.3, -0.25) is 0 Å². The Bertz CT molecular complexity index is 663. The molecule has 0 spiro atoms. The van der Waals surface area contributed by atoms with E-state index in [1.54, 1.807) is 0 Å². The maximum atomic E-state index is 6.06. The second-order valence-corrected chi connectivity index (χ2v) is 6.74. The molecule has 0 unspecified atom stereocenters. The minimum absolute atomic E-state index is 0.344. The third-order valence-electron chi connectivity index (χ3n) is 4.43. The van der Waals surface area contributed by atoms with Crippen molar-refractivity contribution in [2.24, 2.45) is 0 Å². The zero-order chi connectivity index (χ0) is 15.4. The van der Waals surface area contributed by atoms with Crippen LogP contribution in [0.5, 0.6) is 0 Å². The lowest BCUT2D eigenvalue weighted by molar-refractivity contribution is 0.00578.